The Hall–Kier alpha value is -2.45. The molecule has 0 unspecified atom stereocenters. The van der Waals surface area contributed by atoms with E-state index in [1.54, 1.807) is 18.2 Å². The fraction of sp³-hybridized carbons (Fsp3) is 0.435. The van der Waals surface area contributed by atoms with Gasteiger partial charge in [-0.1, -0.05) is 38.3 Å². The van der Waals surface area contributed by atoms with Crippen molar-refractivity contribution in [2.24, 2.45) is 5.73 Å². The number of hydrogen-bond donors (Lipinski definition) is 3. The van der Waals surface area contributed by atoms with Gasteiger partial charge in [-0.2, -0.15) is 0 Å². The minimum absolute atomic E-state index is 0.129. The molecule has 2 aromatic rings. The van der Waals surface area contributed by atoms with E-state index in [0.717, 1.165) is 50.5 Å². The number of amides is 2. The summed E-state index contributed by atoms with van der Waals surface area (Å²) >= 11 is 6.84. The molecule has 2 amide bonds. The first-order chi connectivity index (χ1) is 15.0. The molecule has 31 heavy (non-hydrogen) atoms. The second-order valence-electron chi connectivity index (χ2n) is 7.59. The van der Waals surface area contributed by atoms with E-state index in [4.69, 9.17) is 22.7 Å². The zero-order chi connectivity index (χ0) is 22.2. The van der Waals surface area contributed by atoms with Gasteiger partial charge < -0.3 is 15.8 Å². The van der Waals surface area contributed by atoms with Crippen molar-refractivity contribution in [3.8, 4) is 5.75 Å². The summed E-state index contributed by atoms with van der Waals surface area (Å²) in [5.41, 5.74) is 7.56. The lowest BCUT2D eigenvalue weighted by atomic mass is 9.95. The lowest BCUT2D eigenvalue weighted by Crippen LogP contribution is -2.34. The molecule has 0 fully saturated rings. The standard InChI is InChI=1S/C23H29N3O3S2/c1-2-3-4-9-14-29-17-12-7-5-10-15(17)21(28)25-23(30)26-22-19(20(24)27)16-11-6-8-13-18(16)31-22/h5,7,10,12H,2-4,6,8-9,11,13-14H2,1H3,(H2,24,27)(H2,25,26,28,30). The number of para-hydroxylation sites is 1. The minimum atomic E-state index is -0.474. The van der Waals surface area contributed by atoms with Crippen LogP contribution in [-0.4, -0.2) is 23.5 Å². The van der Waals surface area contributed by atoms with E-state index in [1.165, 1.54) is 22.6 Å². The quantitative estimate of drug-likeness (QED) is 0.370. The largest absolute Gasteiger partial charge is 0.493 e. The Morgan fingerprint density at radius 1 is 1.16 bits per heavy atom. The highest BCUT2D eigenvalue weighted by Gasteiger charge is 2.25. The summed E-state index contributed by atoms with van der Waals surface area (Å²) in [7, 11) is 0. The summed E-state index contributed by atoms with van der Waals surface area (Å²) in [6, 6.07) is 7.11. The molecule has 0 saturated carbocycles. The Morgan fingerprint density at radius 3 is 2.71 bits per heavy atom. The van der Waals surface area contributed by atoms with Gasteiger partial charge in [0.2, 0.25) is 0 Å². The lowest BCUT2D eigenvalue weighted by molar-refractivity contribution is 0.0971. The fourth-order valence-corrected chi connectivity index (χ4v) is 5.27. The Labute approximate surface area is 192 Å². The summed E-state index contributed by atoms with van der Waals surface area (Å²) in [6.07, 6.45) is 8.30. The predicted octanol–water partition coefficient (Wildman–Crippen LogP) is 4.81. The van der Waals surface area contributed by atoms with Crippen molar-refractivity contribution < 1.29 is 14.3 Å². The van der Waals surface area contributed by atoms with E-state index in [9.17, 15) is 9.59 Å². The first-order valence-corrected chi connectivity index (χ1v) is 12.0. The first-order valence-electron chi connectivity index (χ1n) is 10.8. The number of fused-ring (bicyclic) bond motifs is 1. The number of carbonyl (C=O) groups is 2. The van der Waals surface area contributed by atoms with Crippen LogP contribution in [0.3, 0.4) is 0 Å². The summed E-state index contributed by atoms with van der Waals surface area (Å²) in [4.78, 5) is 26.0. The molecule has 0 aliphatic heterocycles. The van der Waals surface area contributed by atoms with Gasteiger partial charge in [0, 0.05) is 4.88 Å². The topological polar surface area (TPSA) is 93.4 Å². The number of nitrogens with one attached hydrogen (secondary N) is 2. The number of nitrogens with two attached hydrogens (primary N) is 1. The van der Waals surface area contributed by atoms with E-state index in [1.807, 2.05) is 6.07 Å². The van der Waals surface area contributed by atoms with Gasteiger partial charge in [0.1, 0.15) is 10.8 Å². The van der Waals surface area contributed by atoms with Crippen LogP contribution in [-0.2, 0) is 12.8 Å². The molecule has 1 heterocycles. The molecular formula is C23H29N3O3S2. The van der Waals surface area contributed by atoms with Crippen molar-refractivity contribution >= 4 is 45.5 Å². The minimum Gasteiger partial charge on any atom is -0.493 e. The van der Waals surface area contributed by atoms with Gasteiger partial charge in [-0.25, -0.2) is 0 Å². The average molecular weight is 460 g/mol. The Kier molecular flexibility index (Phi) is 8.43. The van der Waals surface area contributed by atoms with Gasteiger partial charge >= 0.3 is 0 Å². The number of rotatable bonds is 9. The molecule has 0 bridgehead atoms. The van der Waals surface area contributed by atoms with Crippen LogP contribution in [0.5, 0.6) is 5.75 Å². The molecule has 0 atom stereocenters. The maximum Gasteiger partial charge on any atom is 0.261 e. The molecule has 166 valence electrons. The maximum absolute atomic E-state index is 12.8. The second kappa shape index (κ2) is 11.2. The molecule has 0 radical (unpaired) electrons. The molecule has 0 spiro atoms. The lowest BCUT2D eigenvalue weighted by Gasteiger charge is -2.13. The van der Waals surface area contributed by atoms with Crippen molar-refractivity contribution in [3.63, 3.8) is 0 Å². The number of benzene rings is 1. The Morgan fingerprint density at radius 2 is 1.94 bits per heavy atom. The van der Waals surface area contributed by atoms with Gasteiger partial charge in [0.05, 0.1) is 17.7 Å². The van der Waals surface area contributed by atoms with Crippen molar-refractivity contribution in [3.05, 3.63) is 45.8 Å². The van der Waals surface area contributed by atoms with E-state index >= 15 is 0 Å². The number of anilines is 1. The molecule has 3 rings (SSSR count). The van der Waals surface area contributed by atoms with Crippen molar-refractivity contribution in [1.29, 1.82) is 0 Å². The van der Waals surface area contributed by atoms with Gasteiger partial charge in [-0.05, 0) is 62.0 Å². The molecule has 0 saturated heterocycles. The Balaban J connectivity index is 1.65. The first kappa shape index (κ1) is 23.2. The highest BCUT2D eigenvalue weighted by Crippen LogP contribution is 2.37. The SMILES string of the molecule is CCCCCCOc1ccccc1C(=O)NC(=S)Nc1sc2c(c1C(N)=O)CCCC2. The van der Waals surface area contributed by atoms with Crippen LogP contribution in [0.15, 0.2) is 24.3 Å². The number of carbonyl (C=O) groups excluding carboxylic acids is 2. The maximum atomic E-state index is 12.8. The van der Waals surface area contributed by atoms with Crippen LogP contribution in [0.2, 0.25) is 0 Å². The van der Waals surface area contributed by atoms with E-state index in [2.05, 4.69) is 17.6 Å². The van der Waals surface area contributed by atoms with Gasteiger partial charge in [0.25, 0.3) is 11.8 Å². The van der Waals surface area contributed by atoms with E-state index in [-0.39, 0.29) is 11.0 Å². The number of unbranched alkanes of at least 4 members (excludes halogenated alkanes) is 3. The molecule has 1 aromatic carbocycles. The van der Waals surface area contributed by atoms with Crippen LogP contribution in [0.1, 0.15) is 76.6 Å². The molecule has 8 heteroatoms. The van der Waals surface area contributed by atoms with Crippen molar-refractivity contribution in [2.75, 3.05) is 11.9 Å². The summed E-state index contributed by atoms with van der Waals surface area (Å²) in [5.74, 6) is -0.301. The number of aryl methyl sites for hydroxylation is 1. The average Bonchev–Trinajstić information content (AvgIpc) is 3.11. The Bertz CT molecular complexity index is 956. The van der Waals surface area contributed by atoms with Crippen LogP contribution < -0.4 is 21.1 Å². The normalized spacial score (nSPS) is 12.7. The fourth-order valence-electron chi connectivity index (χ4n) is 3.71. The summed E-state index contributed by atoms with van der Waals surface area (Å²) in [6.45, 7) is 2.73. The number of thiophene rings is 1. The molecule has 4 N–H and O–H groups in total. The highest BCUT2D eigenvalue weighted by molar-refractivity contribution is 7.80. The van der Waals surface area contributed by atoms with E-state index < -0.39 is 5.91 Å². The second-order valence-corrected chi connectivity index (χ2v) is 9.11. The number of thiocarbonyl (C=S) groups is 1. The van der Waals surface area contributed by atoms with Gasteiger partial charge in [0.15, 0.2) is 5.11 Å². The monoisotopic (exact) mass is 459 g/mol. The van der Waals surface area contributed by atoms with Crippen LogP contribution in [0.4, 0.5) is 5.00 Å². The summed E-state index contributed by atoms with van der Waals surface area (Å²) < 4.78 is 5.83. The summed E-state index contributed by atoms with van der Waals surface area (Å²) in [5, 5.41) is 6.44. The van der Waals surface area contributed by atoms with E-state index in [0.29, 0.717) is 28.5 Å². The third-order valence-electron chi connectivity index (χ3n) is 5.26. The molecule has 1 aromatic heterocycles. The molecule has 1 aliphatic rings. The zero-order valence-corrected chi connectivity index (χ0v) is 19.4. The van der Waals surface area contributed by atoms with Crippen molar-refractivity contribution in [1.82, 2.24) is 5.32 Å². The zero-order valence-electron chi connectivity index (χ0n) is 17.8. The third-order valence-corrected chi connectivity index (χ3v) is 6.67. The van der Waals surface area contributed by atoms with Crippen LogP contribution >= 0.6 is 23.6 Å². The third kappa shape index (κ3) is 6.04. The van der Waals surface area contributed by atoms with Gasteiger partial charge in [-0.15, -0.1) is 11.3 Å². The molecule has 6 nitrogen and oxygen atoms in total. The smallest absolute Gasteiger partial charge is 0.261 e. The van der Waals surface area contributed by atoms with Gasteiger partial charge in [-0.3, -0.25) is 14.9 Å². The number of hydrogen-bond acceptors (Lipinski definition) is 5. The molecular weight excluding hydrogens is 430 g/mol. The molecule has 1 aliphatic carbocycles. The van der Waals surface area contributed by atoms with Crippen LogP contribution in [0.25, 0.3) is 0 Å². The van der Waals surface area contributed by atoms with Crippen LogP contribution in [0, 0.1) is 0 Å². The highest BCUT2D eigenvalue weighted by atomic mass is 32.1. The van der Waals surface area contributed by atoms with Crippen molar-refractivity contribution in [2.45, 2.75) is 58.3 Å². The number of primary amides is 1. The number of ether oxygens (including phenoxy) is 1. The predicted molar refractivity (Wildman–Crippen MR) is 129 cm³/mol.